The van der Waals surface area contributed by atoms with Gasteiger partial charge in [-0.1, -0.05) is 24.3 Å². The molecule has 5 heteroatoms. The van der Waals surface area contributed by atoms with E-state index in [0.29, 0.717) is 0 Å². The third-order valence-corrected chi connectivity index (χ3v) is 4.16. The number of halogens is 1. The third-order valence-electron chi connectivity index (χ3n) is 4.16. The number of nitrogens with one attached hydrogen (secondary N) is 2. The normalized spacial score (nSPS) is 11.2. The largest absolute Gasteiger partial charge is 0.358 e. The number of aliphatic imine (C=N–C) groups is 1. The van der Waals surface area contributed by atoms with Crippen LogP contribution in [0.5, 0.6) is 0 Å². The Kier molecular flexibility index (Phi) is 8.89. The van der Waals surface area contributed by atoms with Gasteiger partial charge < -0.3 is 15.2 Å². The first kappa shape index (κ1) is 20.5. The molecular weight excluding hydrogens is 411 g/mol. The highest BCUT2D eigenvalue weighted by Gasteiger charge is 2.09. The van der Waals surface area contributed by atoms with Crippen molar-refractivity contribution in [2.24, 2.45) is 4.99 Å². The van der Waals surface area contributed by atoms with Gasteiger partial charge in [0.05, 0.1) is 0 Å². The second kappa shape index (κ2) is 10.4. The summed E-state index contributed by atoms with van der Waals surface area (Å²) in [5.41, 5.74) is 3.85. The van der Waals surface area contributed by atoms with Gasteiger partial charge in [0.25, 0.3) is 0 Å². The molecule has 0 bridgehead atoms. The Morgan fingerprint density at radius 2 is 2.12 bits per heavy atom. The summed E-state index contributed by atoms with van der Waals surface area (Å²) in [4.78, 5) is 10.00. The molecule has 0 amide bonds. The van der Waals surface area contributed by atoms with E-state index in [1.165, 1.54) is 22.2 Å². The smallest absolute Gasteiger partial charge is 0.193 e. The summed E-state index contributed by atoms with van der Waals surface area (Å²) in [6.45, 7) is 7.77. The van der Waals surface area contributed by atoms with Crippen LogP contribution in [0.15, 0.2) is 41.9 Å². The Hall–Kier alpha value is -1.50. The molecule has 1 aromatic carbocycles. The van der Waals surface area contributed by atoms with Gasteiger partial charge >= 0.3 is 0 Å². The number of H-pyrrole nitrogens is 1. The van der Waals surface area contributed by atoms with Crippen LogP contribution >= 0.6 is 24.0 Å². The van der Waals surface area contributed by atoms with Crippen LogP contribution in [0.4, 0.5) is 0 Å². The van der Waals surface area contributed by atoms with E-state index in [-0.39, 0.29) is 24.0 Å². The van der Waals surface area contributed by atoms with E-state index in [0.717, 1.165) is 38.3 Å². The SMILES string of the molecule is C=CCCCN(C)C(=NC)NCCc1c(C)[nH]c2ccccc12.I. The van der Waals surface area contributed by atoms with E-state index < -0.39 is 0 Å². The number of allylic oxidation sites excluding steroid dienone is 1. The zero-order valence-electron chi connectivity index (χ0n) is 14.9. The van der Waals surface area contributed by atoms with Gasteiger partial charge in [-0.05, 0) is 37.8 Å². The van der Waals surface area contributed by atoms with Crippen molar-refractivity contribution in [2.45, 2.75) is 26.2 Å². The first-order valence-corrected chi connectivity index (χ1v) is 8.26. The predicted octanol–water partition coefficient (Wildman–Crippen LogP) is 4.11. The van der Waals surface area contributed by atoms with Crippen LogP contribution in [0.1, 0.15) is 24.1 Å². The van der Waals surface area contributed by atoms with E-state index >= 15 is 0 Å². The molecule has 0 saturated heterocycles. The molecule has 0 aliphatic carbocycles. The average molecular weight is 440 g/mol. The highest BCUT2D eigenvalue weighted by molar-refractivity contribution is 14.0. The Bertz CT molecular complexity index is 675. The van der Waals surface area contributed by atoms with Gasteiger partial charge in [-0.15, -0.1) is 30.6 Å². The lowest BCUT2D eigenvalue weighted by Crippen LogP contribution is -2.40. The molecule has 0 aliphatic heterocycles. The number of hydrogen-bond acceptors (Lipinski definition) is 1. The zero-order valence-corrected chi connectivity index (χ0v) is 17.3. The Balaban J connectivity index is 0.00000288. The van der Waals surface area contributed by atoms with Gasteiger partial charge in [-0.3, -0.25) is 4.99 Å². The molecule has 0 saturated carbocycles. The number of hydrogen-bond donors (Lipinski definition) is 2. The maximum Gasteiger partial charge on any atom is 0.193 e. The van der Waals surface area contributed by atoms with Crippen molar-refractivity contribution in [3.63, 3.8) is 0 Å². The number of unbranched alkanes of at least 4 members (excludes halogenated alkanes) is 1. The number of fused-ring (bicyclic) bond motifs is 1. The minimum atomic E-state index is 0. The van der Waals surface area contributed by atoms with E-state index in [1.54, 1.807) is 0 Å². The molecule has 0 aliphatic rings. The third kappa shape index (κ3) is 5.26. The quantitative estimate of drug-likeness (QED) is 0.224. The summed E-state index contributed by atoms with van der Waals surface area (Å²) in [7, 11) is 3.92. The van der Waals surface area contributed by atoms with E-state index in [9.17, 15) is 0 Å². The Morgan fingerprint density at radius 1 is 1.38 bits per heavy atom. The molecule has 2 N–H and O–H groups in total. The van der Waals surface area contributed by atoms with Gasteiger partial charge in [-0.2, -0.15) is 0 Å². The molecule has 0 radical (unpaired) electrons. The number of aryl methyl sites for hydroxylation is 1. The first-order chi connectivity index (χ1) is 11.2. The van der Waals surface area contributed by atoms with Gasteiger partial charge in [0, 0.05) is 43.8 Å². The number of para-hydroxylation sites is 1. The number of guanidine groups is 1. The summed E-state index contributed by atoms with van der Waals surface area (Å²) < 4.78 is 0. The molecule has 1 heterocycles. The van der Waals surface area contributed by atoms with Gasteiger partial charge in [-0.25, -0.2) is 0 Å². The summed E-state index contributed by atoms with van der Waals surface area (Å²) in [6.07, 6.45) is 5.08. The van der Waals surface area contributed by atoms with Gasteiger partial charge in [0.1, 0.15) is 0 Å². The molecule has 2 aromatic rings. The standard InChI is InChI=1S/C19H28N4.HI/c1-5-6-9-14-23(4)19(20-3)21-13-12-16-15(2)22-18-11-8-7-10-17(16)18;/h5,7-8,10-11,22H,1,6,9,12-14H2,2-4H3,(H,20,21);1H. The lowest BCUT2D eigenvalue weighted by molar-refractivity contribution is 0.470. The van der Waals surface area contributed by atoms with Gasteiger partial charge in [0.15, 0.2) is 5.96 Å². The van der Waals surface area contributed by atoms with E-state index in [4.69, 9.17) is 0 Å². The average Bonchev–Trinajstić information content (AvgIpc) is 2.87. The lowest BCUT2D eigenvalue weighted by Gasteiger charge is -2.21. The zero-order chi connectivity index (χ0) is 16.7. The molecule has 24 heavy (non-hydrogen) atoms. The van der Waals surface area contributed by atoms with Crippen LogP contribution in [-0.4, -0.2) is 43.0 Å². The topological polar surface area (TPSA) is 43.4 Å². The van der Waals surface area contributed by atoms with Crippen LogP contribution in [0.25, 0.3) is 10.9 Å². The number of rotatable bonds is 7. The molecule has 0 atom stereocenters. The van der Waals surface area contributed by atoms with Crippen LogP contribution in [0.3, 0.4) is 0 Å². The van der Waals surface area contributed by atoms with Crippen LogP contribution in [0, 0.1) is 6.92 Å². The van der Waals surface area contributed by atoms with Crippen molar-refractivity contribution in [3.8, 4) is 0 Å². The molecule has 2 rings (SSSR count). The fourth-order valence-corrected chi connectivity index (χ4v) is 2.92. The minimum absolute atomic E-state index is 0. The maximum absolute atomic E-state index is 4.37. The fraction of sp³-hybridized carbons (Fsp3) is 0.421. The molecule has 0 spiro atoms. The molecule has 0 fully saturated rings. The van der Waals surface area contributed by atoms with Crippen molar-refractivity contribution in [3.05, 3.63) is 48.2 Å². The maximum atomic E-state index is 4.37. The van der Waals surface area contributed by atoms with Gasteiger partial charge in [0.2, 0.25) is 0 Å². The monoisotopic (exact) mass is 440 g/mol. The van der Waals surface area contributed by atoms with Crippen LogP contribution < -0.4 is 5.32 Å². The second-order valence-electron chi connectivity index (χ2n) is 5.85. The van der Waals surface area contributed by atoms with Crippen molar-refractivity contribution in [1.82, 2.24) is 15.2 Å². The summed E-state index contributed by atoms with van der Waals surface area (Å²) in [5.74, 6) is 0.951. The minimum Gasteiger partial charge on any atom is -0.358 e. The summed E-state index contributed by atoms with van der Waals surface area (Å²) >= 11 is 0. The highest BCUT2D eigenvalue weighted by Crippen LogP contribution is 2.21. The summed E-state index contributed by atoms with van der Waals surface area (Å²) in [5, 5.41) is 4.78. The number of aromatic amines is 1. The molecular formula is C19H29IN4. The van der Waals surface area contributed by atoms with Crippen LogP contribution in [0.2, 0.25) is 0 Å². The molecule has 4 nitrogen and oxygen atoms in total. The van der Waals surface area contributed by atoms with Crippen LogP contribution in [-0.2, 0) is 6.42 Å². The van der Waals surface area contributed by atoms with Crippen molar-refractivity contribution >= 4 is 40.8 Å². The van der Waals surface area contributed by atoms with E-state index in [1.807, 2.05) is 13.1 Å². The second-order valence-corrected chi connectivity index (χ2v) is 5.85. The number of nitrogens with zero attached hydrogens (tertiary/aromatic N) is 2. The Labute approximate surface area is 162 Å². The van der Waals surface area contributed by atoms with Crippen molar-refractivity contribution < 1.29 is 0 Å². The van der Waals surface area contributed by atoms with Crippen molar-refractivity contribution in [2.75, 3.05) is 27.2 Å². The fourth-order valence-electron chi connectivity index (χ4n) is 2.92. The number of aromatic nitrogens is 1. The predicted molar refractivity (Wildman–Crippen MR) is 116 cm³/mol. The van der Waals surface area contributed by atoms with Crippen molar-refractivity contribution in [1.29, 1.82) is 0 Å². The van der Waals surface area contributed by atoms with E-state index in [2.05, 4.69) is 65.0 Å². The number of benzene rings is 1. The lowest BCUT2D eigenvalue weighted by atomic mass is 10.1. The summed E-state index contributed by atoms with van der Waals surface area (Å²) in [6, 6.07) is 8.48. The molecule has 132 valence electrons. The first-order valence-electron chi connectivity index (χ1n) is 8.26. The molecule has 0 unspecified atom stereocenters. The highest BCUT2D eigenvalue weighted by atomic mass is 127. The Morgan fingerprint density at radius 3 is 2.83 bits per heavy atom. The molecule has 1 aromatic heterocycles.